The summed E-state index contributed by atoms with van der Waals surface area (Å²) in [5.41, 5.74) is 0.592. The number of carbonyl (C=O) groups excluding carboxylic acids is 1. The number of hydrogen-bond donors (Lipinski definition) is 1. The van der Waals surface area contributed by atoms with Gasteiger partial charge in [0, 0.05) is 44.0 Å². The summed E-state index contributed by atoms with van der Waals surface area (Å²) >= 11 is 0. The van der Waals surface area contributed by atoms with E-state index >= 15 is 0 Å². The lowest BCUT2D eigenvalue weighted by Gasteiger charge is -2.20. The SMILES string of the molecule is CCn1c(-c2ccc(C(F)(F)F)nc2)nc2c(NC3CCN(C(=O)C4CCOC4)C3)ncnc21. The van der Waals surface area contributed by atoms with Crippen LogP contribution in [0.4, 0.5) is 19.0 Å². The van der Waals surface area contributed by atoms with E-state index in [0.29, 0.717) is 61.2 Å². The van der Waals surface area contributed by atoms with Crippen molar-refractivity contribution in [1.29, 1.82) is 0 Å². The highest BCUT2D eigenvalue weighted by Crippen LogP contribution is 2.31. The molecule has 1 N–H and O–H groups in total. The van der Waals surface area contributed by atoms with Gasteiger partial charge in [0.05, 0.1) is 12.5 Å². The number of rotatable bonds is 5. The van der Waals surface area contributed by atoms with Crippen molar-refractivity contribution in [2.45, 2.75) is 38.5 Å². The molecule has 3 aromatic heterocycles. The van der Waals surface area contributed by atoms with Crippen LogP contribution in [-0.4, -0.2) is 67.7 Å². The summed E-state index contributed by atoms with van der Waals surface area (Å²) in [6, 6.07) is 2.31. The lowest BCUT2D eigenvalue weighted by molar-refractivity contribution is -0.141. The molecule has 12 heteroatoms. The third-order valence-electron chi connectivity index (χ3n) is 6.28. The van der Waals surface area contributed by atoms with Gasteiger partial charge in [0.25, 0.3) is 0 Å². The second-order valence-corrected chi connectivity index (χ2v) is 8.48. The zero-order valence-electron chi connectivity index (χ0n) is 18.5. The fraction of sp³-hybridized carbons (Fsp3) is 0.500. The van der Waals surface area contributed by atoms with Gasteiger partial charge in [-0.25, -0.2) is 15.0 Å². The molecule has 2 unspecified atom stereocenters. The number of pyridine rings is 1. The predicted octanol–water partition coefficient (Wildman–Crippen LogP) is 2.98. The Morgan fingerprint density at radius 1 is 1.24 bits per heavy atom. The normalized spacial score (nSPS) is 20.9. The van der Waals surface area contributed by atoms with E-state index in [9.17, 15) is 18.0 Å². The molecule has 9 nitrogen and oxygen atoms in total. The fourth-order valence-corrected chi connectivity index (χ4v) is 4.51. The Bertz CT molecular complexity index is 1190. The number of aromatic nitrogens is 5. The molecule has 0 bridgehead atoms. The first kappa shape index (κ1) is 22.5. The van der Waals surface area contributed by atoms with Crippen molar-refractivity contribution in [1.82, 2.24) is 29.4 Å². The Kier molecular flexibility index (Phi) is 5.84. The van der Waals surface area contributed by atoms with Gasteiger partial charge in [-0.05, 0) is 31.9 Å². The standard InChI is InChI=1S/C22H24F3N7O2/c1-2-32-19(13-3-4-16(26-9-13)22(23,24)25)30-17-18(27-12-28-20(17)32)29-15-5-7-31(10-15)21(33)14-6-8-34-11-14/h3-4,9,12,14-15H,2,5-8,10-11H2,1H3,(H,27,28,29). The summed E-state index contributed by atoms with van der Waals surface area (Å²) < 4.78 is 45.9. The number of ether oxygens (including phenoxy) is 1. The van der Waals surface area contributed by atoms with Crippen LogP contribution in [0.1, 0.15) is 25.5 Å². The lowest BCUT2D eigenvalue weighted by Crippen LogP contribution is -2.36. The number of nitrogens with one attached hydrogen (secondary N) is 1. The van der Waals surface area contributed by atoms with Crippen LogP contribution in [0.15, 0.2) is 24.7 Å². The van der Waals surface area contributed by atoms with Crippen LogP contribution in [-0.2, 0) is 22.3 Å². The molecule has 5 heterocycles. The van der Waals surface area contributed by atoms with Crippen LogP contribution in [0.25, 0.3) is 22.6 Å². The molecule has 0 aliphatic carbocycles. The van der Waals surface area contributed by atoms with Crippen molar-refractivity contribution in [2.75, 3.05) is 31.6 Å². The maximum atomic E-state index is 12.9. The summed E-state index contributed by atoms with van der Waals surface area (Å²) in [7, 11) is 0. The number of halogens is 3. The maximum absolute atomic E-state index is 12.9. The van der Waals surface area contributed by atoms with Crippen LogP contribution < -0.4 is 5.32 Å². The zero-order valence-corrected chi connectivity index (χ0v) is 18.5. The van der Waals surface area contributed by atoms with E-state index in [2.05, 4.69) is 25.3 Å². The summed E-state index contributed by atoms with van der Waals surface area (Å²) in [5, 5.41) is 3.39. The largest absolute Gasteiger partial charge is 0.433 e. The number of nitrogens with zero attached hydrogens (tertiary/aromatic N) is 6. The Balaban J connectivity index is 1.39. The summed E-state index contributed by atoms with van der Waals surface area (Å²) in [6.45, 7) is 4.75. The van der Waals surface area contributed by atoms with Gasteiger partial charge in [0.1, 0.15) is 17.8 Å². The number of fused-ring (bicyclic) bond motifs is 1. The molecule has 2 aliphatic rings. The van der Waals surface area contributed by atoms with E-state index in [1.165, 1.54) is 18.6 Å². The molecule has 3 aromatic rings. The van der Waals surface area contributed by atoms with E-state index in [1.807, 2.05) is 16.4 Å². The van der Waals surface area contributed by atoms with Gasteiger partial charge in [-0.1, -0.05) is 0 Å². The minimum Gasteiger partial charge on any atom is -0.381 e. The van der Waals surface area contributed by atoms with Crippen LogP contribution in [0.3, 0.4) is 0 Å². The zero-order chi connectivity index (χ0) is 23.9. The van der Waals surface area contributed by atoms with Gasteiger partial charge in [-0.3, -0.25) is 9.78 Å². The number of aryl methyl sites for hydroxylation is 1. The fourth-order valence-electron chi connectivity index (χ4n) is 4.51. The Morgan fingerprint density at radius 3 is 2.76 bits per heavy atom. The van der Waals surface area contributed by atoms with Gasteiger partial charge in [0.2, 0.25) is 5.91 Å². The van der Waals surface area contributed by atoms with Gasteiger partial charge in [-0.15, -0.1) is 0 Å². The van der Waals surface area contributed by atoms with E-state index in [0.717, 1.165) is 18.9 Å². The van der Waals surface area contributed by atoms with Crippen molar-refractivity contribution in [3.8, 4) is 11.4 Å². The topological polar surface area (TPSA) is 98.1 Å². The third-order valence-corrected chi connectivity index (χ3v) is 6.28. The van der Waals surface area contributed by atoms with Crippen LogP contribution >= 0.6 is 0 Å². The molecule has 0 aromatic carbocycles. The minimum absolute atomic E-state index is 0.00679. The van der Waals surface area contributed by atoms with Crippen LogP contribution in [0.5, 0.6) is 0 Å². The Hall–Kier alpha value is -3.28. The number of imidazole rings is 1. The first-order chi connectivity index (χ1) is 16.3. The Labute approximate surface area is 193 Å². The molecule has 34 heavy (non-hydrogen) atoms. The number of carbonyl (C=O) groups is 1. The second kappa shape index (κ2) is 8.82. The highest BCUT2D eigenvalue weighted by atomic mass is 19.4. The monoisotopic (exact) mass is 475 g/mol. The summed E-state index contributed by atoms with van der Waals surface area (Å²) in [5.74, 6) is 1.06. The van der Waals surface area contributed by atoms with Crippen LogP contribution in [0.2, 0.25) is 0 Å². The first-order valence-electron chi connectivity index (χ1n) is 11.2. The smallest absolute Gasteiger partial charge is 0.381 e. The van der Waals surface area contributed by atoms with Gasteiger partial charge >= 0.3 is 6.18 Å². The molecule has 1 amide bonds. The van der Waals surface area contributed by atoms with E-state index in [1.54, 1.807) is 0 Å². The molecule has 0 saturated carbocycles. The maximum Gasteiger partial charge on any atom is 0.433 e. The number of hydrogen-bond acceptors (Lipinski definition) is 7. The predicted molar refractivity (Wildman–Crippen MR) is 117 cm³/mol. The minimum atomic E-state index is -4.51. The third kappa shape index (κ3) is 4.17. The van der Waals surface area contributed by atoms with Crippen molar-refractivity contribution in [3.05, 3.63) is 30.4 Å². The molecule has 2 saturated heterocycles. The highest BCUT2D eigenvalue weighted by molar-refractivity contribution is 5.86. The molecule has 2 aliphatic heterocycles. The first-order valence-corrected chi connectivity index (χ1v) is 11.2. The molecule has 2 atom stereocenters. The van der Waals surface area contributed by atoms with Gasteiger partial charge in [0.15, 0.2) is 17.0 Å². The second-order valence-electron chi connectivity index (χ2n) is 8.48. The average Bonchev–Trinajstić information content (AvgIpc) is 3.58. The molecule has 2 fully saturated rings. The van der Waals surface area contributed by atoms with Crippen molar-refractivity contribution in [2.24, 2.45) is 5.92 Å². The summed E-state index contributed by atoms with van der Waals surface area (Å²) in [6.07, 6.45) is -0.372. The number of likely N-dealkylation sites (tertiary alicyclic amines) is 1. The number of anilines is 1. The van der Waals surface area contributed by atoms with Gasteiger partial charge < -0.3 is 19.5 Å². The average molecular weight is 475 g/mol. The van der Waals surface area contributed by atoms with E-state index < -0.39 is 11.9 Å². The Morgan fingerprint density at radius 2 is 2.09 bits per heavy atom. The van der Waals surface area contributed by atoms with Crippen molar-refractivity contribution in [3.63, 3.8) is 0 Å². The van der Waals surface area contributed by atoms with Crippen molar-refractivity contribution >= 4 is 22.9 Å². The van der Waals surface area contributed by atoms with E-state index in [-0.39, 0.29) is 17.9 Å². The molecule has 0 radical (unpaired) electrons. The lowest BCUT2D eigenvalue weighted by atomic mass is 10.1. The number of alkyl halides is 3. The molecular formula is C22H24F3N7O2. The quantitative estimate of drug-likeness (QED) is 0.606. The number of amides is 1. The molecular weight excluding hydrogens is 451 g/mol. The van der Waals surface area contributed by atoms with Crippen molar-refractivity contribution < 1.29 is 22.7 Å². The summed E-state index contributed by atoms with van der Waals surface area (Å²) in [4.78, 5) is 31.5. The molecule has 0 spiro atoms. The van der Waals surface area contributed by atoms with Crippen LogP contribution in [0, 0.1) is 5.92 Å². The molecule has 180 valence electrons. The van der Waals surface area contributed by atoms with E-state index in [4.69, 9.17) is 4.74 Å². The molecule has 5 rings (SSSR count). The van der Waals surface area contributed by atoms with Gasteiger partial charge in [-0.2, -0.15) is 13.2 Å². The highest BCUT2D eigenvalue weighted by Gasteiger charge is 2.34.